The first-order valence-corrected chi connectivity index (χ1v) is 35.8. The van der Waals surface area contributed by atoms with E-state index in [0.717, 1.165) is 167 Å². The van der Waals surface area contributed by atoms with Crippen LogP contribution in [0.4, 0.5) is 0 Å². The van der Waals surface area contributed by atoms with Crippen LogP contribution in [0.1, 0.15) is 239 Å². The number of ether oxygens (including phenoxy) is 3. The van der Waals surface area contributed by atoms with Crippen LogP contribution < -0.4 is 0 Å². The molecule has 16 nitrogen and oxygen atoms in total. The summed E-state index contributed by atoms with van der Waals surface area (Å²) in [6, 6.07) is 0. The Hall–Kier alpha value is -4.05. The number of phosphoric ester groups is 2. The predicted molar refractivity (Wildman–Crippen MR) is 353 cm³/mol. The Bertz CT molecular complexity index is 2070. The normalized spacial score (nSPS) is 15.1. The third-order valence-electron chi connectivity index (χ3n) is 13.2. The molecule has 0 bridgehead atoms. The summed E-state index contributed by atoms with van der Waals surface area (Å²) in [4.78, 5) is 58.2. The molecule has 0 aromatic carbocycles. The molecule has 0 fully saturated rings. The van der Waals surface area contributed by atoms with Gasteiger partial charge in [0.2, 0.25) is 0 Å². The second kappa shape index (κ2) is 62.2. The number of aliphatic hydroxyl groups is 2. The van der Waals surface area contributed by atoms with Crippen LogP contribution in [0, 0.1) is 0 Å². The summed E-state index contributed by atoms with van der Waals surface area (Å²) in [6.07, 6.45) is 69.8. The van der Waals surface area contributed by atoms with Gasteiger partial charge < -0.3 is 34.2 Å². The van der Waals surface area contributed by atoms with Crippen molar-refractivity contribution in [1.82, 2.24) is 0 Å². The largest absolute Gasteiger partial charge is 0.472 e. The Balaban J connectivity index is 4.60. The smallest absolute Gasteiger partial charge is 0.463 e. The maximum atomic E-state index is 12.8. The van der Waals surface area contributed by atoms with Gasteiger partial charge in [0.05, 0.1) is 26.4 Å². The molecule has 0 aliphatic rings. The number of hydrogen-bond donors (Lipinski definition) is 4. The Kier molecular flexibility index (Phi) is 59.3. The zero-order valence-corrected chi connectivity index (χ0v) is 55.4. The van der Waals surface area contributed by atoms with Crippen LogP contribution in [0.25, 0.3) is 0 Å². The first-order valence-electron chi connectivity index (χ1n) is 32.8. The van der Waals surface area contributed by atoms with Crippen molar-refractivity contribution in [2.75, 3.05) is 39.6 Å². The molecule has 87 heavy (non-hydrogen) atoms. The summed E-state index contributed by atoms with van der Waals surface area (Å²) >= 11 is 0. The van der Waals surface area contributed by atoms with Gasteiger partial charge in [-0.25, -0.2) is 9.13 Å². The number of unbranched alkanes of at least 4 members (excludes halogenated alkanes) is 18. The standard InChI is InChI=1S/C69H116O16P2/c1-4-7-10-13-16-19-22-24-26-28-29-30-31-32-33-35-37-38-41-43-46-49-52-55-67(72)79-58-64(70)59-81-86(75,76)82-60-65(71)61-83-87(77,78)84-63-66(85-69(74)57-54-51-48-45-40-21-18-15-12-9-6-3)62-80-68(73)56-53-50-47-44-42-39-36-34-27-25-23-20-17-14-11-8-5-2/h7-8,10-11,15-20,24-27,29-30,32-33,37-38,64-66,70-71H,4-6,9,12-14,21-23,28,31,34-36,39-63H2,1-3H3,(H,75,76)(H,77,78)/b10-7-,11-8-,18-15-,19-16-,20-17-,26-24-,27-25-,30-29-,33-32-,38-37-. The summed E-state index contributed by atoms with van der Waals surface area (Å²) in [5.74, 6) is -1.63. The highest BCUT2D eigenvalue weighted by Gasteiger charge is 2.29. The Morgan fingerprint density at radius 1 is 0.333 bits per heavy atom. The van der Waals surface area contributed by atoms with Gasteiger partial charge in [-0.15, -0.1) is 0 Å². The molecule has 0 rings (SSSR count). The SMILES string of the molecule is CC/C=C\C/C=C\C/C=C\C/C=C\C/C=C\C/C=C\CCCCCCC(=O)OCC(O)COP(=O)(O)OCC(O)COP(=O)(O)OCC(COC(=O)CCCCCCCCC/C=C\C/C=C\C/C=C\CC)OC(=O)CCCCCCC/C=C\CCCC. The number of aliphatic hydroxyl groups excluding tert-OH is 2. The van der Waals surface area contributed by atoms with E-state index >= 15 is 0 Å². The fourth-order valence-electron chi connectivity index (χ4n) is 8.16. The molecule has 5 atom stereocenters. The highest BCUT2D eigenvalue weighted by molar-refractivity contribution is 7.47. The molecule has 0 aliphatic heterocycles. The van der Waals surface area contributed by atoms with Crippen molar-refractivity contribution >= 4 is 33.6 Å². The summed E-state index contributed by atoms with van der Waals surface area (Å²) < 4.78 is 60.7. The van der Waals surface area contributed by atoms with Gasteiger partial charge in [-0.1, -0.05) is 219 Å². The van der Waals surface area contributed by atoms with Gasteiger partial charge >= 0.3 is 33.6 Å². The molecule has 498 valence electrons. The number of phosphoric acid groups is 2. The van der Waals surface area contributed by atoms with E-state index < -0.39 is 91.5 Å². The highest BCUT2D eigenvalue weighted by atomic mass is 31.2. The molecule has 0 radical (unpaired) electrons. The van der Waals surface area contributed by atoms with E-state index in [1.807, 2.05) is 0 Å². The average Bonchev–Trinajstić information content (AvgIpc) is 3.57. The van der Waals surface area contributed by atoms with Crippen molar-refractivity contribution in [2.24, 2.45) is 0 Å². The first kappa shape index (κ1) is 83.0. The molecule has 18 heteroatoms. The minimum Gasteiger partial charge on any atom is -0.463 e. The van der Waals surface area contributed by atoms with E-state index in [1.165, 1.54) is 12.8 Å². The molecular formula is C69H116O16P2. The van der Waals surface area contributed by atoms with Crippen LogP contribution in [0.3, 0.4) is 0 Å². The second-order valence-electron chi connectivity index (χ2n) is 21.5. The lowest BCUT2D eigenvalue weighted by molar-refractivity contribution is -0.161. The fourth-order valence-corrected chi connectivity index (χ4v) is 9.74. The van der Waals surface area contributed by atoms with Gasteiger partial charge in [0.25, 0.3) is 0 Å². The van der Waals surface area contributed by atoms with Gasteiger partial charge in [-0.05, 0) is 122 Å². The lowest BCUT2D eigenvalue weighted by Crippen LogP contribution is -2.30. The third kappa shape index (κ3) is 63.3. The highest BCUT2D eigenvalue weighted by Crippen LogP contribution is 2.45. The number of esters is 3. The predicted octanol–water partition coefficient (Wildman–Crippen LogP) is 17.9. The summed E-state index contributed by atoms with van der Waals surface area (Å²) in [7, 11) is -9.78. The number of carbonyl (C=O) groups is 3. The van der Waals surface area contributed by atoms with Crippen LogP contribution >= 0.6 is 15.6 Å². The molecule has 0 amide bonds. The van der Waals surface area contributed by atoms with E-state index in [0.29, 0.717) is 19.3 Å². The number of allylic oxidation sites excluding steroid dienone is 20. The molecule has 0 aromatic heterocycles. The van der Waals surface area contributed by atoms with Crippen molar-refractivity contribution in [3.8, 4) is 0 Å². The van der Waals surface area contributed by atoms with Gasteiger partial charge in [0.15, 0.2) is 6.10 Å². The van der Waals surface area contributed by atoms with Gasteiger partial charge in [0.1, 0.15) is 25.4 Å². The minimum atomic E-state index is -4.93. The third-order valence-corrected chi connectivity index (χ3v) is 15.1. The molecule has 0 heterocycles. The van der Waals surface area contributed by atoms with E-state index in [9.17, 15) is 43.5 Å². The number of rotatable bonds is 61. The Labute approximate surface area is 525 Å². The molecular weight excluding hydrogens is 1150 g/mol. The summed E-state index contributed by atoms with van der Waals surface area (Å²) in [6.45, 7) is 2.32. The molecule has 0 saturated carbocycles. The monoisotopic (exact) mass is 1260 g/mol. The first-order chi connectivity index (χ1) is 42.2. The zero-order valence-electron chi connectivity index (χ0n) is 53.6. The maximum absolute atomic E-state index is 12.8. The Morgan fingerprint density at radius 3 is 0.977 bits per heavy atom. The number of carbonyl (C=O) groups excluding carboxylic acids is 3. The van der Waals surface area contributed by atoms with E-state index in [1.54, 1.807) is 0 Å². The maximum Gasteiger partial charge on any atom is 0.472 e. The zero-order chi connectivity index (χ0) is 63.8. The van der Waals surface area contributed by atoms with E-state index in [4.69, 9.17) is 32.3 Å². The van der Waals surface area contributed by atoms with Gasteiger partial charge in [-0.3, -0.25) is 32.5 Å². The van der Waals surface area contributed by atoms with Crippen LogP contribution in [0.5, 0.6) is 0 Å². The van der Waals surface area contributed by atoms with Crippen molar-refractivity contribution in [3.63, 3.8) is 0 Å². The van der Waals surface area contributed by atoms with Crippen LogP contribution in [-0.2, 0) is 55.8 Å². The van der Waals surface area contributed by atoms with Crippen molar-refractivity contribution in [3.05, 3.63) is 122 Å². The molecule has 5 unspecified atom stereocenters. The Morgan fingerprint density at radius 2 is 0.609 bits per heavy atom. The summed E-state index contributed by atoms with van der Waals surface area (Å²) in [5.41, 5.74) is 0. The van der Waals surface area contributed by atoms with E-state index in [-0.39, 0.29) is 19.3 Å². The molecule has 0 saturated heterocycles. The number of hydrogen-bond acceptors (Lipinski definition) is 14. The van der Waals surface area contributed by atoms with Crippen LogP contribution in [0.2, 0.25) is 0 Å². The van der Waals surface area contributed by atoms with Gasteiger partial charge in [-0.2, -0.15) is 0 Å². The quantitative estimate of drug-likeness (QED) is 0.0146. The summed E-state index contributed by atoms with van der Waals surface area (Å²) in [5, 5.41) is 20.5. The fraction of sp³-hybridized carbons (Fsp3) is 0.667. The van der Waals surface area contributed by atoms with Crippen molar-refractivity contribution < 1.29 is 75.8 Å². The lowest BCUT2D eigenvalue weighted by Gasteiger charge is -2.21. The molecule has 0 aromatic rings. The van der Waals surface area contributed by atoms with Crippen LogP contribution in [0.15, 0.2) is 122 Å². The topological polar surface area (TPSA) is 231 Å². The second-order valence-corrected chi connectivity index (χ2v) is 24.4. The van der Waals surface area contributed by atoms with Gasteiger partial charge in [0, 0.05) is 19.3 Å². The molecule has 0 spiro atoms. The average molecular weight is 1260 g/mol. The minimum absolute atomic E-state index is 0.0888. The van der Waals surface area contributed by atoms with Crippen molar-refractivity contribution in [1.29, 1.82) is 0 Å². The van der Waals surface area contributed by atoms with E-state index in [2.05, 4.69) is 142 Å². The van der Waals surface area contributed by atoms with Crippen molar-refractivity contribution in [2.45, 2.75) is 257 Å². The lowest BCUT2D eigenvalue weighted by atomic mass is 10.1. The molecule has 0 aliphatic carbocycles. The molecule has 4 N–H and O–H groups in total. The van der Waals surface area contributed by atoms with Crippen LogP contribution in [-0.4, -0.2) is 95.9 Å².